The van der Waals surface area contributed by atoms with Crippen molar-refractivity contribution in [2.24, 2.45) is 10.8 Å². The van der Waals surface area contributed by atoms with Gasteiger partial charge in [0, 0.05) is 25.0 Å². The van der Waals surface area contributed by atoms with Crippen LogP contribution in [0.4, 0.5) is 0 Å². The summed E-state index contributed by atoms with van der Waals surface area (Å²) in [6, 6.07) is 0. The summed E-state index contributed by atoms with van der Waals surface area (Å²) in [5.41, 5.74) is 1.29. The van der Waals surface area contributed by atoms with Crippen molar-refractivity contribution < 1.29 is 4.74 Å². The van der Waals surface area contributed by atoms with E-state index in [0.29, 0.717) is 11.5 Å². The van der Waals surface area contributed by atoms with Crippen molar-refractivity contribution >= 4 is 0 Å². The van der Waals surface area contributed by atoms with E-state index in [2.05, 4.69) is 18.7 Å². The summed E-state index contributed by atoms with van der Waals surface area (Å²) in [4.78, 5) is 2.71. The van der Waals surface area contributed by atoms with Gasteiger partial charge in [-0.05, 0) is 44.9 Å². The Hall–Kier alpha value is -0.0800. The molecular weight excluding hydrogens is 222 g/mol. The van der Waals surface area contributed by atoms with Crippen LogP contribution in [0.5, 0.6) is 0 Å². The van der Waals surface area contributed by atoms with Gasteiger partial charge in [-0.1, -0.05) is 19.3 Å². The smallest absolute Gasteiger partial charge is 0.0538 e. The molecule has 18 heavy (non-hydrogen) atoms. The molecule has 0 amide bonds. The van der Waals surface area contributed by atoms with Crippen LogP contribution in [-0.4, -0.2) is 37.2 Å². The number of hydrogen-bond acceptors (Lipinski definition) is 2. The molecule has 0 radical (unpaired) electrons. The van der Waals surface area contributed by atoms with Crippen molar-refractivity contribution in [3.63, 3.8) is 0 Å². The van der Waals surface area contributed by atoms with Gasteiger partial charge in [0.2, 0.25) is 0 Å². The van der Waals surface area contributed by atoms with Crippen molar-refractivity contribution in [2.75, 3.05) is 26.2 Å². The summed E-state index contributed by atoms with van der Waals surface area (Å²) >= 11 is 0. The quantitative estimate of drug-likeness (QED) is 0.742. The second-order valence-corrected chi connectivity index (χ2v) is 7.57. The van der Waals surface area contributed by atoms with Crippen molar-refractivity contribution in [1.29, 1.82) is 0 Å². The fraction of sp³-hybridized carbons (Fsp3) is 1.00. The van der Waals surface area contributed by atoms with E-state index in [1.54, 1.807) is 0 Å². The van der Waals surface area contributed by atoms with E-state index in [1.165, 1.54) is 64.6 Å². The highest BCUT2D eigenvalue weighted by molar-refractivity contribution is 5.02. The van der Waals surface area contributed by atoms with Crippen LogP contribution in [0.1, 0.15) is 58.8 Å². The molecule has 3 aliphatic rings. The molecule has 0 unspecified atom stereocenters. The van der Waals surface area contributed by atoms with Gasteiger partial charge in [0.25, 0.3) is 0 Å². The van der Waals surface area contributed by atoms with Crippen molar-refractivity contribution in [2.45, 2.75) is 64.9 Å². The van der Waals surface area contributed by atoms with Gasteiger partial charge < -0.3 is 9.64 Å². The van der Waals surface area contributed by atoms with Gasteiger partial charge in [-0.3, -0.25) is 0 Å². The lowest BCUT2D eigenvalue weighted by molar-refractivity contribution is -0.0526. The molecule has 0 bridgehead atoms. The second-order valence-electron chi connectivity index (χ2n) is 7.57. The Morgan fingerprint density at radius 1 is 1.00 bits per heavy atom. The number of likely N-dealkylation sites (tertiary alicyclic amines) is 1. The first kappa shape index (κ1) is 12.9. The molecule has 0 aromatic heterocycles. The Labute approximate surface area is 112 Å². The second kappa shape index (κ2) is 4.79. The minimum absolute atomic E-state index is 0.392. The van der Waals surface area contributed by atoms with E-state index >= 15 is 0 Å². The molecule has 2 heteroatoms. The highest BCUT2D eigenvalue weighted by atomic mass is 16.5. The van der Waals surface area contributed by atoms with Crippen molar-refractivity contribution in [3.05, 3.63) is 0 Å². The number of nitrogens with zero attached hydrogens (tertiary/aromatic N) is 1. The normalized spacial score (nSPS) is 29.5. The molecule has 2 saturated carbocycles. The third-order valence-corrected chi connectivity index (χ3v) is 5.27. The van der Waals surface area contributed by atoms with Gasteiger partial charge >= 0.3 is 0 Å². The molecule has 0 atom stereocenters. The van der Waals surface area contributed by atoms with E-state index in [4.69, 9.17) is 4.74 Å². The maximum Gasteiger partial charge on any atom is 0.0538 e. The highest BCUT2D eigenvalue weighted by Gasteiger charge is 2.50. The maximum atomic E-state index is 5.85. The Kier molecular flexibility index (Phi) is 3.44. The molecule has 0 aromatic rings. The molecular formula is C16H29NO. The van der Waals surface area contributed by atoms with Gasteiger partial charge in [-0.25, -0.2) is 0 Å². The maximum absolute atomic E-state index is 5.85. The molecule has 1 saturated heterocycles. The van der Waals surface area contributed by atoms with Crippen molar-refractivity contribution in [3.8, 4) is 0 Å². The largest absolute Gasteiger partial charge is 0.378 e. The Morgan fingerprint density at radius 3 is 2.22 bits per heavy atom. The summed E-state index contributed by atoms with van der Waals surface area (Å²) in [6.07, 6.45) is 10.6. The fourth-order valence-electron chi connectivity index (χ4n) is 3.97. The van der Waals surface area contributed by atoms with Crippen LogP contribution in [0.2, 0.25) is 0 Å². The van der Waals surface area contributed by atoms with Gasteiger partial charge in [0.15, 0.2) is 0 Å². The lowest BCUT2D eigenvalue weighted by Crippen LogP contribution is -2.58. The predicted molar refractivity (Wildman–Crippen MR) is 74.7 cm³/mol. The van der Waals surface area contributed by atoms with Crippen LogP contribution < -0.4 is 0 Å². The van der Waals surface area contributed by atoms with E-state index in [-0.39, 0.29) is 0 Å². The zero-order valence-corrected chi connectivity index (χ0v) is 12.2. The van der Waals surface area contributed by atoms with E-state index in [0.717, 1.165) is 12.0 Å². The molecule has 1 spiro atoms. The van der Waals surface area contributed by atoms with E-state index < -0.39 is 0 Å². The first-order valence-electron chi connectivity index (χ1n) is 7.96. The van der Waals surface area contributed by atoms with Gasteiger partial charge in [0.1, 0.15) is 0 Å². The molecule has 0 N–H and O–H groups in total. The summed E-state index contributed by atoms with van der Waals surface area (Å²) in [6.45, 7) is 9.37. The summed E-state index contributed by atoms with van der Waals surface area (Å²) in [7, 11) is 0. The monoisotopic (exact) mass is 251 g/mol. The molecule has 104 valence electrons. The van der Waals surface area contributed by atoms with Crippen LogP contribution in [-0.2, 0) is 4.74 Å². The molecule has 3 rings (SSSR count). The van der Waals surface area contributed by atoms with Crippen LogP contribution in [0, 0.1) is 10.8 Å². The lowest BCUT2D eigenvalue weighted by Gasteiger charge is -2.53. The minimum Gasteiger partial charge on any atom is -0.378 e. The number of hydrogen-bond donors (Lipinski definition) is 0. The van der Waals surface area contributed by atoms with Crippen LogP contribution in [0.25, 0.3) is 0 Å². The lowest BCUT2D eigenvalue weighted by atomic mass is 9.68. The van der Waals surface area contributed by atoms with Crippen LogP contribution >= 0.6 is 0 Å². The SMILES string of the molecule is CC(C)OCC1(CN2CC3(CCCCC3)C2)CC1. The number of ether oxygens (including phenoxy) is 1. The van der Waals surface area contributed by atoms with Gasteiger partial charge in [0.05, 0.1) is 12.7 Å². The first-order chi connectivity index (χ1) is 8.62. The Balaban J connectivity index is 1.42. The summed E-state index contributed by atoms with van der Waals surface area (Å²) < 4.78 is 5.85. The molecule has 2 nitrogen and oxygen atoms in total. The van der Waals surface area contributed by atoms with Crippen LogP contribution in [0.15, 0.2) is 0 Å². The molecule has 1 aliphatic heterocycles. The standard InChI is InChI=1S/C16H29NO/c1-14(2)18-13-16(8-9-16)12-17-10-15(11-17)6-4-3-5-7-15/h14H,3-13H2,1-2H3. The molecule has 1 heterocycles. The zero-order valence-electron chi connectivity index (χ0n) is 12.2. The predicted octanol–water partition coefficient (Wildman–Crippen LogP) is 3.46. The van der Waals surface area contributed by atoms with Crippen molar-refractivity contribution in [1.82, 2.24) is 4.90 Å². The molecule has 2 aliphatic carbocycles. The summed E-state index contributed by atoms with van der Waals surface area (Å²) in [5.74, 6) is 0. The molecule has 0 aromatic carbocycles. The minimum atomic E-state index is 0.392. The summed E-state index contributed by atoms with van der Waals surface area (Å²) in [5, 5.41) is 0. The zero-order chi connectivity index (χ0) is 12.6. The Bertz CT molecular complexity index is 281. The Morgan fingerprint density at radius 2 is 1.67 bits per heavy atom. The van der Waals surface area contributed by atoms with E-state index in [9.17, 15) is 0 Å². The fourth-order valence-corrected chi connectivity index (χ4v) is 3.97. The topological polar surface area (TPSA) is 12.5 Å². The van der Waals surface area contributed by atoms with Gasteiger partial charge in [-0.2, -0.15) is 0 Å². The number of rotatable bonds is 5. The average Bonchev–Trinajstić information content (AvgIpc) is 3.06. The van der Waals surface area contributed by atoms with Gasteiger partial charge in [-0.15, -0.1) is 0 Å². The highest BCUT2D eigenvalue weighted by Crippen LogP contribution is 2.50. The van der Waals surface area contributed by atoms with E-state index in [1.807, 2.05) is 0 Å². The van der Waals surface area contributed by atoms with Crippen LogP contribution in [0.3, 0.4) is 0 Å². The third kappa shape index (κ3) is 2.75. The average molecular weight is 251 g/mol. The third-order valence-electron chi connectivity index (χ3n) is 5.27. The molecule has 3 fully saturated rings. The first-order valence-corrected chi connectivity index (χ1v) is 7.96.